The van der Waals surface area contributed by atoms with Gasteiger partial charge in [-0.05, 0) is 5.92 Å². The zero-order chi connectivity index (χ0) is 11.5. The van der Waals surface area contributed by atoms with Crippen molar-refractivity contribution < 1.29 is 0 Å². The molecule has 0 fully saturated rings. The van der Waals surface area contributed by atoms with Crippen molar-refractivity contribution in [2.45, 2.75) is 72.4 Å². The Hall–Kier alpha value is 0.130. The highest BCUT2D eigenvalue weighted by Gasteiger charge is 2.04. The van der Waals surface area contributed by atoms with Gasteiger partial charge in [-0.15, -0.1) is 0 Å². The van der Waals surface area contributed by atoms with Gasteiger partial charge in [0.05, 0.1) is 14.3 Å². The molecular weight excluding hydrogens is 178 g/mol. The van der Waals surface area contributed by atoms with Gasteiger partial charge < -0.3 is 0 Å². The van der Waals surface area contributed by atoms with Gasteiger partial charge in [-0.1, -0.05) is 78.4 Å². The van der Waals surface area contributed by atoms with Crippen molar-refractivity contribution in [3.05, 3.63) is 0 Å². The molecule has 0 spiro atoms. The summed E-state index contributed by atoms with van der Waals surface area (Å²) in [5, 5.41) is 0. The maximum Gasteiger partial charge on any atom is 0.0868 e. The van der Waals surface area contributed by atoms with Crippen LogP contribution in [0.2, 0.25) is 12.6 Å². The van der Waals surface area contributed by atoms with E-state index in [1.807, 2.05) is 0 Å². The summed E-state index contributed by atoms with van der Waals surface area (Å²) in [6.07, 6.45) is 9.95. The van der Waals surface area contributed by atoms with Crippen LogP contribution in [0.3, 0.4) is 0 Å². The van der Waals surface area contributed by atoms with Crippen molar-refractivity contribution in [1.82, 2.24) is 0 Å². The Balaban J connectivity index is 3.16. The van der Waals surface area contributed by atoms with Crippen LogP contribution in [0.25, 0.3) is 0 Å². The summed E-state index contributed by atoms with van der Waals surface area (Å²) in [6, 6.07) is 0. The molecule has 0 radical (unpaired) electrons. The molecule has 0 aromatic heterocycles. The minimum atomic E-state index is 0.947. The van der Waals surface area contributed by atoms with Crippen molar-refractivity contribution in [3.63, 3.8) is 0 Å². The Morgan fingerprint density at radius 1 is 0.933 bits per heavy atom. The lowest BCUT2D eigenvalue weighted by Gasteiger charge is -2.10. The van der Waals surface area contributed by atoms with Crippen molar-refractivity contribution in [3.8, 4) is 0 Å². The second-order valence-corrected chi connectivity index (χ2v) is 5.40. The third-order valence-corrected chi connectivity index (χ3v) is 3.64. The highest BCUT2D eigenvalue weighted by Crippen LogP contribution is 2.14. The summed E-state index contributed by atoms with van der Waals surface area (Å²) in [5.74, 6) is 1.91. The molecule has 0 aromatic rings. The molecule has 0 aromatic carbocycles. The van der Waals surface area contributed by atoms with Gasteiger partial charge in [0.15, 0.2) is 0 Å². The molecule has 0 amide bonds. The molecule has 0 N–H and O–H groups in total. The third kappa shape index (κ3) is 10.4. The highest BCUT2D eigenvalue weighted by atomic mass is 14.0. The Bertz CT molecular complexity index is 126. The summed E-state index contributed by atoms with van der Waals surface area (Å²) in [7, 11) is 2.91. The third-order valence-electron chi connectivity index (χ3n) is 3.64. The second-order valence-electron chi connectivity index (χ2n) is 5.40. The lowest BCUT2D eigenvalue weighted by atomic mass is 9.35. The summed E-state index contributed by atoms with van der Waals surface area (Å²) >= 11 is 0. The summed E-state index contributed by atoms with van der Waals surface area (Å²) in [5.41, 5.74) is 0. The number of rotatable bonds is 10. The van der Waals surface area contributed by atoms with E-state index in [9.17, 15) is 0 Å². The fourth-order valence-corrected chi connectivity index (χ4v) is 2.06. The molecule has 2 unspecified atom stereocenters. The molecule has 0 saturated heterocycles. The fraction of sp³-hybridized carbons (Fsp3) is 1.00. The predicted octanol–water partition coefficient (Wildman–Crippen LogP) is 3.87. The van der Waals surface area contributed by atoms with Crippen molar-refractivity contribution in [2.24, 2.45) is 11.8 Å². The van der Waals surface area contributed by atoms with Crippen LogP contribution >= 0.6 is 0 Å². The van der Waals surface area contributed by atoms with E-state index in [1.54, 1.807) is 0 Å². The molecule has 2 atom stereocenters. The molecule has 0 nitrogen and oxygen atoms in total. The molecule has 0 saturated carbocycles. The fourth-order valence-electron chi connectivity index (χ4n) is 2.06. The normalized spacial score (nSPS) is 14.7. The second kappa shape index (κ2) is 10.6. The molecular formula is C13H30B2. The smallest absolute Gasteiger partial charge is 0.0843 e. The van der Waals surface area contributed by atoms with Crippen LogP contribution in [0.4, 0.5) is 0 Å². The molecule has 15 heavy (non-hydrogen) atoms. The largest absolute Gasteiger partial charge is 0.0868 e. The van der Waals surface area contributed by atoms with E-state index in [1.165, 1.54) is 59.1 Å². The molecule has 2 heteroatoms. The number of unbranched alkanes of at least 4 members (excludes halogenated alkanes) is 1. The van der Waals surface area contributed by atoms with Gasteiger partial charge in [0.1, 0.15) is 0 Å². The minimum Gasteiger partial charge on any atom is -0.0843 e. The van der Waals surface area contributed by atoms with Gasteiger partial charge in [0.2, 0.25) is 0 Å². The van der Waals surface area contributed by atoms with Crippen molar-refractivity contribution >= 4 is 14.3 Å². The van der Waals surface area contributed by atoms with Gasteiger partial charge in [0, 0.05) is 0 Å². The zero-order valence-electron chi connectivity index (χ0n) is 11.5. The molecule has 0 rings (SSSR count). The van der Waals surface area contributed by atoms with Gasteiger partial charge >= 0.3 is 0 Å². The average molecular weight is 208 g/mol. The SMILES string of the molecule is CCCCC(C)CCBBCC(C)CC. The first-order chi connectivity index (χ1) is 7.20. The van der Waals surface area contributed by atoms with Crippen molar-refractivity contribution in [1.29, 1.82) is 0 Å². The molecule has 0 aliphatic carbocycles. The zero-order valence-corrected chi connectivity index (χ0v) is 11.5. The highest BCUT2D eigenvalue weighted by molar-refractivity contribution is 7.00. The topological polar surface area (TPSA) is 0 Å². The van der Waals surface area contributed by atoms with E-state index in [4.69, 9.17) is 0 Å². The van der Waals surface area contributed by atoms with Crippen LogP contribution in [-0.4, -0.2) is 14.3 Å². The summed E-state index contributed by atoms with van der Waals surface area (Å²) in [4.78, 5) is 0. The Morgan fingerprint density at radius 2 is 1.67 bits per heavy atom. The first-order valence-corrected chi connectivity index (χ1v) is 7.20. The number of hydrogen-bond donors (Lipinski definition) is 0. The van der Waals surface area contributed by atoms with E-state index in [0.29, 0.717) is 0 Å². The first-order valence-electron chi connectivity index (χ1n) is 7.20. The quantitative estimate of drug-likeness (QED) is 0.377. The Labute approximate surface area is 99.1 Å². The van der Waals surface area contributed by atoms with E-state index in [-0.39, 0.29) is 0 Å². The maximum atomic E-state index is 2.42. The van der Waals surface area contributed by atoms with Crippen LogP contribution in [-0.2, 0) is 0 Å². The molecule has 0 heterocycles. The molecule has 88 valence electrons. The standard InChI is InChI=1S/C13H30B2/c1-5-7-8-13(4)9-10-14-15-11-12(3)6-2/h12-15H,5-11H2,1-4H3. The molecule has 0 aliphatic rings. The summed E-state index contributed by atoms with van der Waals surface area (Å²) in [6.45, 7) is 9.39. The minimum absolute atomic E-state index is 0.947. The summed E-state index contributed by atoms with van der Waals surface area (Å²) < 4.78 is 0. The van der Waals surface area contributed by atoms with Crippen LogP contribution in [0.15, 0.2) is 0 Å². The van der Waals surface area contributed by atoms with E-state index >= 15 is 0 Å². The van der Waals surface area contributed by atoms with Gasteiger partial charge in [0.25, 0.3) is 0 Å². The Morgan fingerprint density at radius 3 is 2.27 bits per heavy atom. The molecule has 0 bridgehead atoms. The van der Waals surface area contributed by atoms with E-state index < -0.39 is 0 Å². The lowest BCUT2D eigenvalue weighted by molar-refractivity contribution is 0.491. The van der Waals surface area contributed by atoms with E-state index in [0.717, 1.165) is 11.8 Å². The predicted molar refractivity (Wildman–Crippen MR) is 76.7 cm³/mol. The monoisotopic (exact) mass is 208 g/mol. The average Bonchev–Trinajstić information content (AvgIpc) is 2.25. The van der Waals surface area contributed by atoms with E-state index in [2.05, 4.69) is 27.7 Å². The maximum absolute atomic E-state index is 2.42. The van der Waals surface area contributed by atoms with Gasteiger partial charge in [-0.3, -0.25) is 0 Å². The van der Waals surface area contributed by atoms with Gasteiger partial charge in [-0.2, -0.15) is 0 Å². The van der Waals surface area contributed by atoms with Crippen LogP contribution < -0.4 is 0 Å². The van der Waals surface area contributed by atoms with Crippen molar-refractivity contribution in [2.75, 3.05) is 0 Å². The lowest BCUT2D eigenvalue weighted by Crippen LogP contribution is -2.08. The number of hydrogen-bond acceptors (Lipinski definition) is 0. The first kappa shape index (κ1) is 15.1. The van der Waals surface area contributed by atoms with Crippen LogP contribution in [0, 0.1) is 11.8 Å². The Kier molecular flexibility index (Phi) is 10.7. The van der Waals surface area contributed by atoms with Gasteiger partial charge in [-0.25, -0.2) is 0 Å². The van der Waals surface area contributed by atoms with Crippen LogP contribution in [0.5, 0.6) is 0 Å². The van der Waals surface area contributed by atoms with Crippen LogP contribution in [0.1, 0.15) is 59.8 Å². The molecule has 0 aliphatic heterocycles.